The van der Waals surface area contributed by atoms with E-state index in [1.807, 2.05) is 20.8 Å². The van der Waals surface area contributed by atoms with Gasteiger partial charge in [-0.05, 0) is 39.5 Å². The molecule has 5 heteroatoms. The molecule has 0 radical (unpaired) electrons. The van der Waals surface area contributed by atoms with Crippen LogP contribution in [0.3, 0.4) is 0 Å². The van der Waals surface area contributed by atoms with Crippen LogP contribution in [0.5, 0.6) is 0 Å². The molecule has 1 fully saturated rings. The summed E-state index contributed by atoms with van der Waals surface area (Å²) < 4.78 is 10.7. The molecule has 0 aromatic heterocycles. The van der Waals surface area contributed by atoms with Crippen molar-refractivity contribution in [3.05, 3.63) is 0 Å². The maximum Gasteiger partial charge on any atom is 0.410 e. The Morgan fingerprint density at radius 1 is 1.47 bits per heavy atom. The Morgan fingerprint density at radius 3 is 2.79 bits per heavy atom. The van der Waals surface area contributed by atoms with Gasteiger partial charge in [-0.25, -0.2) is 4.79 Å². The summed E-state index contributed by atoms with van der Waals surface area (Å²) in [5, 5.41) is 3.37. The molecule has 1 heterocycles. The number of carbonyl (C=O) groups is 1. The summed E-state index contributed by atoms with van der Waals surface area (Å²) in [6.07, 6.45) is 2.12. The molecule has 1 rings (SSSR count). The number of carbonyl (C=O) groups excluding carboxylic acids is 1. The first-order valence-electron chi connectivity index (χ1n) is 7.11. The molecule has 1 N–H and O–H groups in total. The first kappa shape index (κ1) is 16.2. The highest BCUT2D eigenvalue weighted by atomic mass is 16.6. The highest BCUT2D eigenvalue weighted by Gasteiger charge is 2.19. The Labute approximate surface area is 116 Å². The SMILES string of the molecule is CN(CCNCC1CCCOC1)C(=O)OC(C)(C)C. The standard InChI is InChI=1S/C14H28N2O3/c1-14(2,3)19-13(17)16(4)8-7-15-10-12-6-5-9-18-11-12/h12,15H,5-11H2,1-4H3. The zero-order valence-electron chi connectivity index (χ0n) is 12.7. The fourth-order valence-electron chi connectivity index (χ4n) is 1.95. The molecule has 1 amide bonds. The minimum Gasteiger partial charge on any atom is -0.444 e. The summed E-state index contributed by atoms with van der Waals surface area (Å²) in [5.41, 5.74) is -0.432. The van der Waals surface area contributed by atoms with Gasteiger partial charge >= 0.3 is 6.09 Å². The van der Waals surface area contributed by atoms with Gasteiger partial charge in [0.05, 0.1) is 6.61 Å². The van der Waals surface area contributed by atoms with Gasteiger partial charge in [-0.15, -0.1) is 0 Å². The van der Waals surface area contributed by atoms with E-state index >= 15 is 0 Å². The van der Waals surface area contributed by atoms with Crippen molar-refractivity contribution in [1.29, 1.82) is 0 Å². The van der Waals surface area contributed by atoms with E-state index in [1.165, 1.54) is 6.42 Å². The van der Waals surface area contributed by atoms with E-state index in [-0.39, 0.29) is 6.09 Å². The monoisotopic (exact) mass is 272 g/mol. The molecule has 1 saturated heterocycles. The smallest absolute Gasteiger partial charge is 0.410 e. The van der Waals surface area contributed by atoms with Gasteiger partial charge in [0.1, 0.15) is 5.60 Å². The van der Waals surface area contributed by atoms with Crippen LogP contribution in [0.2, 0.25) is 0 Å². The summed E-state index contributed by atoms with van der Waals surface area (Å²) in [6, 6.07) is 0. The molecule has 1 atom stereocenters. The third-order valence-electron chi connectivity index (χ3n) is 3.02. The number of amides is 1. The van der Waals surface area contributed by atoms with E-state index in [9.17, 15) is 4.79 Å². The van der Waals surface area contributed by atoms with Gasteiger partial charge in [-0.2, -0.15) is 0 Å². The van der Waals surface area contributed by atoms with Gasteiger partial charge in [0, 0.05) is 33.3 Å². The van der Waals surface area contributed by atoms with Crippen molar-refractivity contribution >= 4 is 6.09 Å². The van der Waals surface area contributed by atoms with Crippen LogP contribution in [-0.2, 0) is 9.47 Å². The lowest BCUT2D eigenvalue weighted by atomic mass is 10.0. The predicted molar refractivity (Wildman–Crippen MR) is 75.3 cm³/mol. The molecule has 0 aromatic rings. The number of likely N-dealkylation sites (N-methyl/N-ethyl adjacent to an activating group) is 1. The Balaban J connectivity index is 2.09. The molecule has 0 aromatic carbocycles. The average Bonchev–Trinajstić information content (AvgIpc) is 2.33. The van der Waals surface area contributed by atoms with Crippen LogP contribution in [0, 0.1) is 5.92 Å². The van der Waals surface area contributed by atoms with Crippen LogP contribution in [0.25, 0.3) is 0 Å². The third kappa shape index (κ3) is 7.38. The van der Waals surface area contributed by atoms with E-state index in [4.69, 9.17) is 9.47 Å². The molecular weight excluding hydrogens is 244 g/mol. The van der Waals surface area contributed by atoms with Gasteiger partial charge < -0.3 is 19.7 Å². The molecule has 1 unspecified atom stereocenters. The van der Waals surface area contributed by atoms with Crippen LogP contribution in [0.4, 0.5) is 4.79 Å². The Hall–Kier alpha value is -0.810. The topological polar surface area (TPSA) is 50.8 Å². The number of nitrogens with zero attached hydrogens (tertiary/aromatic N) is 1. The molecule has 0 spiro atoms. The lowest BCUT2D eigenvalue weighted by molar-refractivity contribution is 0.0296. The molecule has 1 aliphatic rings. The Bertz CT molecular complexity index is 270. The van der Waals surface area contributed by atoms with Crippen LogP contribution in [-0.4, -0.2) is 56.5 Å². The molecular formula is C14H28N2O3. The Morgan fingerprint density at radius 2 is 2.21 bits per heavy atom. The number of hydrogen-bond acceptors (Lipinski definition) is 4. The molecule has 112 valence electrons. The van der Waals surface area contributed by atoms with Crippen LogP contribution < -0.4 is 5.32 Å². The number of ether oxygens (including phenoxy) is 2. The van der Waals surface area contributed by atoms with Crippen molar-refractivity contribution < 1.29 is 14.3 Å². The van der Waals surface area contributed by atoms with E-state index in [1.54, 1.807) is 11.9 Å². The normalized spacial score (nSPS) is 20.1. The summed E-state index contributed by atoms with van der Waals surface area (Å²) in [7, 11) is 1.76. The summed E-state index contributed by atoms with van der Waals surface area (Å²) in [5.74, 6) is 0.612. The molecule has 0 bridgehead atoms. The lowest BCUT2D eigenvalue weighted by Crippen LogP contribution is -2.39. The summed E-state index contributed by atoms with van der Waals surface area (Å²) in [4.78, 5) is 13.3. The van der Waals surface area contributed by atoms with Gasteiger partial charge in [-0.1, -0.05) is 0 Å². The van der Waals surface area contributed by atoms with Crippen molar-refractivity contribution in [2.45, 2.75) is 39.2 Å². The van der Waals surface area contributed by atoms with Crippen LogP contribution in [0.15, 0.2) is 0 Å². The minimum absolute atomic E-state index is 0.268. The van der Waals surface area contributed by atoms with Crippen molar-refractivity contribution in [1.82, 2.24) is 10.2 Å². The van der Waals surface area contributed by atoms with Gasteiger partial charge in [0.2, 0.25) is 0 Å². The largest absolute Gasteiger partial charge is 0.444 e. The molecule has 0 saturated carbocycles. The van der Waals surface area contributed by atoms with E-state index in [0.717, 1.165) is 32.7 Å². The van der Waals surface area contributed by atoms with Gasteiger partial charge in [0.25, 0.3) is 0 Å². The molecule has 0 aliphatic carbocycles. The van der Waals surface area contributed by atoms with Crippen molar-refractivity contribution in [2.24, 2.45) is 5.92 Å². The number of nitrogens with one attached hydrogen (secondary N) is 1. The fourth-order valence-corrected chi connectivity index (χ4v) is 1.95. The summed E-state index contributed by atoms with van der Waals surface area (Å²) >= 11 is 0. The minimum atomic E-state index is -0.432. The van der Waals surface area contributed by atoms with Crippen molar-refractivity contribution in [3.63, 3.8) is 0 Å². The van der Waals surface area contributed by atoms with E-state index < -0.39 is 5.60 Å². The zero-order valence-corrected chi connectivity index (χ0v) is 12.7. The molecule has 19 heavy (non-hydrogen) atoms. The molecule has 5 nitrogen and oxygen atoms in total. The summed E-state index contributed by atoms with van der Waals surface area (Å²) in [6.45, 7) is 9.78. The lowest BCUT2D eigenvalue weighted by Gasteiger charge is -2.25. The average molecular weight is 272 g/mol. The quantitative estimate of drug-likeness (QED) is 0.776. The van der Waals surface area contributed by atoms with Crippen LogP contribution >= 0.6 is 0 Å². The maximum absolute atomic E-state index is 11.7. The second-order valence-electron chi connectivity index (χ2n) is 6.19. The van der Waals surface area contributed by atoms with E-state index in [2.05, 4.69) is 5.32 Å². The second-order valence-corrected chi connectivity index (χ2v) is 6.19. The highest BCUT2D eigenvalue weighted by Crippen LogP contribution is 2.12. The van der Waals surface area contributed by atoms with Crippen molar-refractivity contribution in [3.8, 4) is 0 Å². The maximum atomic E-state index is 11.7. The highest BCUT2D eigenvalue weighted by molar-refractivity contribution is 5.67. The predicted octanol–water partition coefficient (Wildman–Crippen LogP) is 1.87. The third-order valence-corrected chi connectivity index (χ3v) is 3.02. The van der Waals surface area contributed by atoms with E-state index in [0.29, 0.717) is 12.5 Å². The Kier molecular flexibility index (Phi) is 6.58. The van der Waals surface area contributed by atoms with Gasteiger partial charge in [0.15, 0.2) is 0 Å². The first-order valence-corrected chi connectivity index (χ1v) is 7.11. The molecule has 1 aliphatic heterocycles. The number of hydrogen-bond donors (Lipinski definition) is 1. The first-order chi connectivity index (χ1) is 8.88. The zero-order chi connectivity index (χ0) is 14.3. The second kappa shape index (κ2) is 7.70. The van der Waals surface area contributed by atoms with Gasteiger partial charge in [-0.3, -0.25) is 0 Å². The van der Waals surface area contributed by atoms with Crippen LogP contribution in [0.1, 0.15) is 33.6 Å². The van der Waals surface area contributed by atoms with Crippen molar-refractivity contribution in [2.75, 3.05) is 39.9 Å². The number of rotatable bonds is 5. The fraction of sp³-hybridized carbons (Fsp3) is 0.929.